The topological polar surface area (TPSA) is 67.1 Å². The summed E-state index contributed by atoms with van der Waals surface area (Å²) in [7, 11) is 0. The molecule has 0 radical (unpaired) electrons. The zero-order valence-corrected chi connectivity index (χ0v) is 11.3. The van der Waals surface area contributed by atoms with E-state index in [2.05, 4.69) is 10.1 Å². The Bertz CT molecular complexity index is 676. The maximum Gasteiger partial charge on any atom is 0.573 e. The number of nitrogens with one attached hydrogen (secondary N) is 2. The second-order valence-electron chi connectivity index (χ2n) is 3.96. The number of anilines is 1. The van der Waals surface area contributed by atoms with E-state index in [1.807, 2.05) is 0 Å². The zero-order chi connectivity index (χ0) is 15.5. The van der Waals surface area contributed by atoms with Crippen molar-refractivity contribution in [1.29, 1.82) is 5.41 Å². The fourth-order valence-electron chi connectivity index (χ4n) is 1.52. The molecule has 0 saturated heterocycles. The molecule has 0 saturated carbocycles. The van der Waals surface area contributed by atoms with Crippen LogP contribution in [0.1, 0.15) is 0 Å². The molecule has 1 aromatic carbocycles. The van der Waals surface area contributed by atoms with Gasteiger partial charge in [-0.1, -0.05) is 0 Å². The number of benzene rings is 1. The maximum absolute atomic E-state index is 12.0. The smallest absolute Gasteiger partial charge is 0.406 e. The van der Waals surface area contributed by atoms with Crippen LogP contribution in [0.15, 0.2) is 35.8 Å². The van der Waals surface area contributed by atoms with E-state index in [0.717, 1.165) is 12.1 Å². The molecular formula is C12H10F3N3O2S. The zero-order valence-electron chi connectivity index (χ0n) is 10.5. The van der Waals surface area contributed by atoms with E-state index < -0.39 is 6.36 Å². The molecule has 0 aliphatic rings. The van der Waals surface area contributed by atoms with Crippen molar-refractivity contribution in [2.24, 2.45) is 0 Å². The van der Waals surface area contributed by atoms with Crippen LogP contribution < -0.4 is 14.9 Å². The van der Waals surface area contributed by atoms with E-state index in [9.17, 15) is 18.0 Å². The van der Waals surface area contributed by atoms with Crippen LogP contribution in [0.4, 0.5) is 18.9 Å². The van der Waals surface area contributed by atoms with Crippen molar-refractivity contribution in [3.63, 3.8) is 0 Å². The molecule has 9 heteroatoms. The van der Waals surface area contributed by atoms with Crippen molar-refractivity contribution in [2.45, 2.75) is 12.9 Å². The van der Waals surface area contributed by atoms with Gasteiger partial charge in [0.05, 0.1) is 0 Å². The van der Waals surface area contributed by atoms with Crippen LogP contribution in [0.25, 0.3) is 0 Å². The summed E-state index contributed by atoms with van der Waals surface area (Å²) < 4.78 is 41.1. The number of halogens is 3. The van der Waals surface area contributed by atoms with Crippen molar-refractivity contribution in [1.82, 2.24) is 4.57 Å². The van der Waals surface area contributed by atoms with Gasteiger partial charge in [-0.15, -0.1) is 24.5 Å². The van der Waals surface area contributed by atoms with Crippen molar-refractivity contribution >= 4 is 22.9 Å². The number of rotatable bonds is 4. The minimum absolute atomic E-state index is 0.0386. The third-order valence-corrected chi connectivity index (χ3v) is 3.08. The normalized spacial score (nSPS) is 11.2. The molecule has 112 valence electrons. The Labute approximate surface area is 121 Å². The third-order valence-electron chi connectivity index (χ3n) is 2.37. The molecule has 0 unspecified atom stereocenters. The first-order chi connectivity index (χ1) is 9.83. The number of carbonyl (C=O) groups is 1. The lowest BCUT2D eigenvalue weighted by molar-refractivity contribution is -0.274. The molecule has 2 N–H and O–H groups in total. The van der Waals surface area contributed by atoms with Gasteiger partial charge in [0.25, 0.3) is 0 Å². The summed E-state index contributed by atoms with van der Waals surface area (Å²) >= 11 is 1.19. The highest BCUT2D eigenvalue weighted by Gasteiger charge is 2.30. The Morgan fingerprint density at radius 3 is 2.52 bits per heavy atom. The fourth-order valence-corrected chi connectivity index (χ4v) is 2.12. The highest BCUT2D eigenvalue weighted by molar-refractivity contribution is 7.06. The van der Waals surface area contributed by atoms with E-state index in [-0.39, 0.29) is 23.0 Å². The quantitative estimate of drug-likeness (QED) is 0.910. The minimum Gasteiger partial charge on any atom is -0.406 e. The van der Waals surface area contributed by atoms with Gasteiger partial charge in [0, 0.05) is 17.3 Å². The Morgan fingerprint density at radius 2 is 2.00 bits per heavy atom. The number of alkyl halides is 3. The molecule has 2 aromatic rings. The van der Waals surface area contributed by atoms with Crippen LogP contribution in [0.2, 0.25) is 0 Å². The van der Waals surface area contributed by atoms with Crippen molar-refractivity contribution < 1.29 is 22.7 Å². The van der Waals surface area contributed by atoms with Gasteiger partial charge in [-0.3, -0.25) is 10.2 Å². The standard InChI is InChI=1S/C12H10F3N3O2S/c13-12(14,15)20-9-3-1-8(2-4-9)17-10(19)7-18-5-6-21-11(18)16/h1-6,16H,7H2,(H,17,19). The molecule has 0 spiro atoms. The van der Waals surface area contributed by atoms with Gasteiger partial charge in [-0.25, -0.2) is 0 Å². The number of ether oxygens (including phenoxy) is 1. The lowest BCUT2D eigenvalue weighted by atomic mass is 10.3. The Kier molecular flexibility index (Phi) is 4.32. The van der Waals surface area contributed by atoms with Crippen LogP contribution in [-0.2, 0) is 11.3 Å². The highest BCUT2D eigenvalue weighted by atomic mass is 32.1. The average Bonchev–Trinajstić information content (AvgIpc) is 2.76. The van der Waals surface area contributed by atoms with E-state index in [1.54, 1.807) is 11.6 Å². The van der Waals surface area contributed by atoms with Gasteiger partial charge >= 0.3 is 6.36 Å². The van der Waals surface area contributed by atoms with Crippen LogP contribution in [0.3, 0.4) is 0 Å². The summed E-state index contributed by atoms with van der Waals surface area (Å²) in [4.78, 5) is 12.0. The predicted octanol–water partition coefficient (Wildman–Crippen LogP) is 2.57. The summed E-state index contributed by atoms with van der Waals surface area (Å²) in [5, 5.41) is 11.7. The van der Waals surface area contributed by atoms with Crippen LogP contribution in [0, 0.1) is 5.41 Å². The first-order valence-electron chi connectivity index (χ1n) is 5.68. The number of nitrogens with zero attached hydrogens (tertiary/aromatic N) is 1. The summed E-state index contributed by atoms with van der Waals surface area (Å²) in [6, 6.07) is 4.82. The number of aromatic nitrogens is 1. The fraction of sp³-hybridized carbons (Fsp3) is 0.167. The molecule has 2 rings (SSSR count). The Balaban J connectivity index is 1.95. The largest absolute Gasteiger partial charge is 0.573 e. The van der Waals surface area contributed by atoms with Crippen LogP contribution in [0.5, 0.6) is 5.75 Å². The first-order valence-corrected chi connectivity index (χ1v) is 6.56. The number of carbonyl (C=O) groups excluding carboxylic acids is 1. The lowest BCUT2D eigenvalue weighted by Gasteiger charge is -2.10. The van der Waals surface area contributed by atoms with Crippen molar-refractivity contribution in [3.05, 3.63) is 40.6 Å². The predicted molar refractivity (Wildman–Crippen MR) is 69.9 cm³/mol. The monoisotopic (exact) mass is 317 g/mol. The molecule has 0 aliphatic carbocycles. The van der Waals surface area contributed by atoms with Crippen LogP contribution >= 0.6 is 11.3 Å². The van der Waals surface area contributed by atoms with E-state index in [1.165, 1.54) is 28.0 Å². The van der Waals surface area contributed by atoms with E-state index in [4.69, 9.17) is 5.41 Å². The van der Waals surface area contributed by atoms with Gasteiger partial charge in [0.2, 0.25) is 5.91 Å². The van der Waals surface area contributed by atoms with E-state index in [0.29, 0.717) is 5.69 Å². The number of hydrogen-bond acceptors (Lipinski definition) is 4. The second-order valence-corrected chi connectivity index (χ2v) is 4.85. The lowest BCUT2D eigenvalue weighted by Crippen LogP contribution is -2.23. The Morgan fingerprint density at radius 1 is 1.33 bits per heavy atom. The summed E-state index contributed by atoms with van der Waals surface area (Å²) in [5.74, 6) is -0.738. The van der Waals surface area contributed by atoms with Crippen molar-refractivity contribution in [3.8, 4) is 5.75 Å². The van der Waals surface area contributed by atoms with Gasteiger partial charge in [0.15, 0.2) is 4.80 Å². The van der Waals surface area contributed by atoms with Gasteiger partial charge < -0.3 is 14.6 Å². The molecule has 5 nitrogen and oxygen atoms in total. The van der Waals surface area contributed by atoms with Crippen LogP contribution in [-0.4, -0.2) is 16.8 Å². The number of amides is 1. The molecule has 0 atom stereocenters. The summed E-state index contributed by atoms with van der Waals surface area (Å²) in [6.45, 7) is -0.0386. The van der Waals surface area contributed by atoms with Gasteiger partial charge in [-0.2, -0.15) is 0 Å². The van der Waals surface area contributed by atoms with Gasteiger partial charge in [0.1, 0.15) is 12.3 Å². The third kappa shape index (κ3) is 4.63. The first kappa shape index (κ1) is 15.1. The molecule has 1 heterocycles. The average molecular weight is 317 g/mol. The molecule has 21 heavy (non-hydrogen) atoms. The molecular weight excluding hydrogens is 307 g/mol. The van der Waals surface area contributed by atoms with E-state index >= 15 is 0 Å². The van der Waals surface area contributed by atoms with Crippen molar-refractivity contribution in [2.75, 3.05) is 5.32 Å². The molecule has 0 fully saturated rings. The molecule has 0 bridgehead atoms. The molecule has 1 amide bonds. The Hall–Kier alpha value is -2.29. The highest BCUT2D eigenvalue weighted by Crippen LogP contribution is 2.23. The minimum atomic E-state index is -4.75. The second kappa shape index (κ2) is 6.00. The number of hydrogen-bond donors (Lipinski definition) is 2. The number of thiazole rings is 1. The molecule has 0 aliphatic heterocycles. The summed E-state index contributed by atoms with van der Waals surface area (Å²) in [5.41, 5.74) is 0.344. The molecule has 1 aromatic heterocycles. The van der Waals surface area contributed by atoms with Gasteiger partial charge in [-0.05, 0) is 24.3 Å². The SMILES string of the molecule is N=c1sccn1CC(=O)Nc1ccc(OC(F)(F)F)cc1. The summed E-state index contributed by atoms with van der Waals surface area (Å²) in [6.07, 6.45) is -3.14. The maximum atomic E-state index is 12.0.